The first-order valence-electron chi connectivity index (χ1n) is 7.09. The van der Waals surface area contributed by atoms with Crippen LogP contribution in [0.2, 0.25) is 0 Å². The molecule has 0 bridgehead atoms. The second kappa shape index (κ2) is 6.63. The first-order valence-corrected chi connectivity index (χ1v) is 8.14. The first kappa shape index (κ1) is 14.0. The Morgan fingerprint density at radius 3 is 2.56 bits per heavy atom. The SMILES string of the molecule is CCNC1CCC(SCc2cc(C)cc(C)c2)C1. The molecule has 2 atom stereocenters. The minimum absolute atomic E-state index is 0.770. The highest BCUT2D eigenvalue weighted by molar-refractivity contribution is 7.99. The predicted octanol–water partition coefficient (Wildman–Crippen LogP) is 4.07. The minimum Gasteiger partial charge on any atom is -0.314 e. The van der Waals surface area contributed by atoms with Gasteiger partial charge in [0.15, 0.2) is 0 Å². The normalized spacial score (nSPS) is 23.5. The number of benzene rings is 1. The van der Waals surface area contributed by atoms with Crippen LogP contribution < -0.4 is 5.32 Å². The smallest absolute Gasteiger partial charge is 0.0187 e. The summed E-state index contributed by atoms with van der Waals surface area (Å²) in [5.74, 6) is 1.17. The van der Waals surface area contributed by atoms with E-state index in [0.29, 0.717) is 0 Å². The van der Waals surface area contributed by atoms with E-state index in [1.54, 1.807) is 0 Å². The molecule has 2 rings (SSSR count). The number of hydrogen-bond acceptors (Lipinski definition) is 2. The summed E-state index contributed by atoms with van der Waals surface area (Å²) in [5, 5.41) is 4.43. The molecule has 0 saturated heterocycles. The summed E-state index contributed by atoms with van der Waals surface area (Å²) >= 11 is 2.14. The Kier molecular flexibility index (Phi) is 5.13. The Hall–Kier alpha value is -0.470. The van der Waals surface area contributed by atoms with Gasteiger partial charge < -0.3 is 5.32 Å². The quantitative estimate of drug-likeness (QED) is 0.859. The van der Waals surface area contributed by atoms with E-state index >= 15 is 0 Å². The summed E-state index contributed by atoms with van der Waals surface area (Å²) in [6.07, 6.45) is 4.09. The average Bonchev–Trinajstić information content (AvgIpc) is 2.74. The lowest BCUT2D eigenvalue weighted by molar-refractivity contribution is 0.543. The van der Waals surface area contributed by atoms with Gasteiger partial charge in [-0.3, -0.25) is 0 Å². The maximum absolute atomic E-state index is 3.58. The summed E-state index contributed by atoms with van der Waals surface area (Å²) in [5.41, 5.74) is 4.27. The van der Waals surface area contributed by atoms with Gasteiger partial charge in [-0.15, -0.1) is 0 Å². The van der Waals surface area contributed by atoms with Gasteiger partial charge in [-0.1, -0.05) is 36.2 Å². The summed E-state index contributed by atoms with van der Waals surface area (Å²) < 4.78 is 0. The largest absolute Gasteiger partial charge is 0.314 e. The molecule has 1 saturated carbocycles. The highest BCUT2D eigenvalue weighted by Crippen LogP contribution is 2.32. The molecule has 1 nitrogen and oxygen atoms in total. The number of thioether (sulfide) groups is 1. The molecular formula is C16H25NS. The number of nitrogens with one attached hydrogen (secondary N) is 1. The van der Waals surface area contributed by atoms with Gasteiger partial charge in [0.2, 0.25) is 0 Å². The molecule has 1 N–H and O–H groups in total. The molecule has 0 aromatic heterocycles. The van der Waals surface area contributed by atoms with Crippen molar-refractivity contribution in [2.75, 3.05) is 6.54 Å². The molecule has 100 valence electrons. The van der Waals surface area contributed by atoms with Crippen LogP contribution >= 0.6 is 11.8 Å². The number of aryl methyl sites for hydroxylation is 2. The fourth-order valence-electron chi connectivity index (χ4n) is 2.93. The number of rotatable bonds is 5. The van der Waals surface area contributed by atoms with Gasteiger partial charge in [0, 0.05) is 17.0 Å². The van der Waals surface area contributed by atoms with Crippen LogP contribution in [0.3, 0.4) is 0 Å². The fraction of sp³-hybridized carbons (Fsp3) is 0.625. The Morgan fingerprint density at radius 1 is 1.17 bits per heavy atom. The zero-order valence-corrected chi connectivity index (χ0v) is 12.6. The van der Waals surface area contributed by atoms with Gasteiger partial charge in [-0.05, 0) is 45.2 Å². The van der Waals surface area contributed by atoms with E-state index in [1.807, 2.05) is 0 Å². The summed E-state index contributed by atoms with van der Waals surface area (Å²) in [4.78, 5) is 0. The van der Waals surface area contributed by atoms with Crippen LogP contribution in [0.1, 0.15) is 42.9 Å². The van der Waals surface area contributed by atoms with E-state index in [1.165, 1.54) is 41.7 Å². The molecule has 1 aromatic rings. The van der Waals surface area contributed by atoms with Gasteiger partial charge in [-0.2, -0.15) is 11.8 Å². The van der Waals surface area contributed by atoms with E-state index in [0.717, 1.165) is 17.8 Å². The topological polar surface area (TPSA) is 12.0 Å². The summed E-state index contributed by atoms with van der Waals surface area (Å²) in [7, 11) is 0. The molecule has 0 heterocycles. The molecule has 1 aliphatic rings. The molecule has 2 unspecified atom stereocenters. The van der Waals surface area contributed by atoms with E-state index in [2.05, 4.69) is 56.0 Å². The zero-order chi connectivity index (χ0) is 13.0. The lowest BCUT2D eigenvalue weighted by atomic mass is 10.1. The van der Waals surface area contributed by atoms with Crippen LogP contribution in [-0.4, -0.2) is 17.8 Å². The Labute approximate surface area is 116 Å². The second-order valence-corrected chi connectivity index (χ2v) is 6.79. The minimum atomic E-state index is 0.770. The average molecular weight is 263 g/mol. The fourth-order valence-corrected chi connectivity index (χ4v) is 4.20. The van der Waals surface area contributed by atoms with Crippen LogP contribution in [0, 0.1) is 13.8 Å². The third-order valence-electron chi connectivity index (χ3n) is 3.64. The van der Waals surface area contributed by atoms with Crippen molar-refractivity contribution < 1.29 is 0 Å². The van der Waals surface area contributed by atoms with E-state index in [9.17, 15) is 0 Å². The Balaban J connectivity index is 1.81. The van der Waals surface area contributed by atoms with Crippen LogP contribution in [0.25, 0.3) is 0 Å². The molecule has 1 fully saturated rings. The third-order valence-corrected chi connectivity index (χ3v) is 5.04. The highest BCUT2D eigenvalue weighted by atomic mass is 32.2. The van der Waals surface area contributed by atoms with Crippen LogP contribution in [0.4, 0.5) is 0 Å². The van der Waals surface area contributed by atoms with Gasteiger partial charge in [0.25, 0.3) is 0 Å². The van der Waals surface area contributed by atoms with Crippen LogP contribution in [-0.2, 0) is 5.75 Å². The highest BCUT2D eigenvalue weighted by Gasteiger charge is 2.23. The van der Waals surface area contributed by atoms with Crippen molar-refractivity contribution in [1.82, 2.24) is 5.32 Å². The van der Waals surface area contributed by atoms with E-state index < -0.39 is 0 Å². The van der Waals surface area contributed by atoms with Gasteiger partial charge >= 0.3 is 0 Å². The van der Waals surface area contributed by atoms with Crippen molar-refractivity contribution in [3.63, 3.8) is 0 Å². The molecule has 0 radical (unpaired) electrons. The molecule has 0 spiro atoms. The van der Waals surface area contributed by atoms with Gasteiger partial charge in [0.05, 0.1) is 0 Å². The maximum Gasteiger partial charge on any atom is 0.0187 e. The lowest BCUT2D eigenvalue weighted by Crippen LogP contribution is -2.26. The standard InChI is InChI=1S/C16H25NS/c1-4-17-15-5-6-16(10-15)18-11-14-8-12(2)7-13(3)9-14/h7-9,15-17H,4-6,10-11H2,1-3H3. The maximum atomic E-state index is 3.58. The second-order valence-electron chi connectivity index (χ2n) is 5.50. The van der Waals surface area contributed by atoms with Gasteiger partial charge in [-0.25, -0.2) is 0 Å². The van der Waals surface area contributed by atoms with E-state index in [-0.39, 0.29) is 0 Å². The molecule has 0 amide bonds. The molecule has 2 heteroatoms. The number of hydrogen-bond donors (Lipinski definition) is 1. The third kappa shape index (κ3) is 4.03. The van der Waals surface area contributed by atoms with Crippen LogP contribution in [0.5, 0.6) is 0 Å². The molecule has 1 aromatic carbocycles. The Morgan fingerprint density at radius 2 is 1.89 bits per heavy atom. The summed E-state index contributed by atoms with van der Waals surface area (Å²) in [6.45, 7) is 7.70. The van der Waals surface area contributed by atoms with Crippen molar-refractivity contribution in [2.24, 2.45) is 0 Å². The molecule has 18 heavy (non-hydrogen) atoms. The first-order chi connectivity index (χ1) is 8.67. The van der Waals surface area contributed by atoms with Crippen molar-refractivity contribution in [3.05, 3.63) is 34.9 Å². The van der Waals surface area contributed by atoms with Crippen molar-refractivity contribution in [3.8, 4) is 0 Å². The van der Waals surface area contributed by atoms with E-state index in [4.69, 9.17) is 0 Å². The summed E-state index contributed by atoms with van der Waals surface area (Å²) in [6, 6.07) is 7.69. The lowest BCUT2D eigenvalue weighted by Gasteiger charge is -2.12. The molecule has 1 aliphatic carbocycles. The monoisotopic (exact) mass is 263 g/mol. The zero-order valence-electron chi connectivity index (χ0n) is 11.8. The molecular weight excluding hydrogens is 238 g/mol. The molecule has 0 aliphatic heterocycles. The van der Waals surface area contributed by atoms with Crippen LogP contribution in [0.15, 0.2) is 18.2 Å². The van der Waals surface area contributed by atoms with Crippen molar-refractivity contribution in [1.29, 1.82) is 0 Å². The predicted molar refractivity (Wildman–Crippen MR) is 82.3 cm³/mol. The van der Waals surface area contributed by atoms with Gasteiger partial charge in [0.1, 0.15) is 0 Å². The van der Waals surface area contributed by atoms with Crippen molar-refractivity contribution >= 4 is 11.8 Å². The van der Waals surface area contributed by atoms with Crippen molar-refractivity contribution in [2.45, 2.75) is 57.1 Å². The Bertz CT molecular complexity index is 368.